The Balaban J connectivity index is 1.76. The number of hydrogen-bond donors (Lipinski definition) is 2. The van der Waals surface area contributed by atoms with Gasteiger partial charge in [-0.15, -0.1) is 0 Å². The maximum atomic E-state index is 7.55. The average Bonchev–Trinajstić information content (AvgIpc) is 2.88. The second-order valence-corrected chi connectivity index (χ2v) is 5.36. The lowest BCUT2D eigenvalue weighted by Gasteiger charge is -2.16. The van der Waals surface area contributed by atoms with Crippen molar-refractivity contribution >= 4 is 5.84 Å². The quantitative estimate of drug-likeness (QED) is 0.668. The van der Waals surface area contributed by atoms with Crippen LogP contribution in [0.5, 0.6) is 5.75 Å². The van der Waals surface area contributed by atoms with Gasteiger partial charge in [-0.05, 0) is 28.8 Å². The number of benzene rings is 2. The van der Waals surface area contributed by atoms with E-state index in [-0.39, 0.29) is 5.84 Å². The topological polar surface area (TPSA) is 62.3 Å². The van der Waals surface area contributed by atoms with Crippen LogP contribution in [0.15, 0.2) is 42.5 Å². The number of ether oxygens (including phenoxy) is 1. The smallest absolute Gasteiger partial charge is 0.130 e. The minimum atomic E-state index is 0.0342. The lowest BCUT2D eigenvalue weighted by Crippen LogP contribution is -2.17. The average molecular weight is 281 g/mol. The number of fused-ring (bicyclic) bond motifs is 1. The normalized spacial score (nSPS) is 14.0. The molecule has 0 saturated heterocycles. The summed E-state index contributed by atoms with van der Waals surface area (Å²) in [4.78, 5) is 2.40. The number of nitrogens with zero attached hydrogens (tertiary/aromatic N) is 1. The van der Waals surface area contributed by atoms with Crippen molar-refractivity contribution in [2.24, 2.45) is 5.73 Å². The fraction of sp³-hybridized carbons (Fsp3) is 0.235. The molecule has 0 aliphatic carbocycles. The molecule has 2 aromatic rings. The minimum absolute atomic E-state index is 0.0342. The third-order valence-electron chi connectivity index (χ3n) is 3.87. The Morgan fingerprint density at radius 1 is 1.19 bits per heavy atom. The van der Waals surface area contributed by atoms with Crippen molar-refractivity contribution in [2.75, 3.05) is 7.11 Å². The molecule has 0 unspecified atom stereocenters. The second-order valence-electron chi connectivity index (χ2n) is 5.36. The maximum Gasteiger partial charge on any atom is 0.130 e. The van der Waals surface area contributed by atoms with Gasteiger partial charge in [0.15, 0.2) is 0 Å². The van der Waals surface area contributed by atoms with E-state index < -0.39 is 0 Å². The monoisotopic (exact) mass is 281 g/mol. The van der Waals surface area contributed by atoms with Gasteiger partial charge in [0.2, 0.25) is 0 Å². The SMILES string of the molecule is COc1cc(CN2Cc3ccccc3C2)ccc1C(=N)N. The Morgan fingerprint density at radius 2 is 1.86 bits per heavy atom. The van der Waals surface area contributed by atoms with E-state index in [2.05, 4.69) is 29.2 Å². The number of methoxy groups -OCH3 is 1. The molecule has 1 aliphatic heterocycles. The molecule has 0 saturated carbocycles. The van der Waals surface area contributed by atoms with Gasteiger partial charge in [-0.1, -0.05) is 30.3 Å². The van der Waals surface area contributed by atoms with Crippen molar-refractivity contribution in [3.05, 3.63) is 64.7 Å². The lowest BCUT2D eigenvalue weighted by atomic mass is 10.1. The number of nitrogen functional groups attached to an aromatic ring is 1. The summed E-state index contributed by atoms with van der Waals surface area (Å²) >= 11 is 0. The molecule has 0 spiro atoms. The molecule has 4 heteroatoms. The Kier molecular flexibility index (Phi) is 3.62. The molecule has 0 amide bonds. The predicted octanol–water partition coefficient (Wildman–Crippen LogP) is 2.50. The molecule has 1 heterocycles. The van der Waals surface area contributed by atoms with Crippen molar-refractivity contribution in [3.63, 3.8) is 0 Å². The van der Waals surface area contributed by atoms with Crippen molar-refractivity contribution < 1.29 is 4.74 Å². The van der Waals surface area contributed by atoms with Crippen LogP contribution < -0.4 is 10.5 Å². The fourth-order valence-electron chi connectivity index (χ4n) is 2.83. The zero-order valence-electron chi connectivity index (χ0n) is 12.1. The van der Waals surface area contributed by atoms with Crippen LogP contribution in [0.25, 0.3) is 0 Å². The van der Waals surface area contributed by atoms with Gasteiger partial charge in [-0.2, -0.15) is 0 Å². The fourth-order valence-corrected chi connectivity index (χ4v) is 2.83. The van der Waals surface area contributed by atoms with Crippen LogP contribution in [-0.4, -0.2) is 17.8 Å². The largest absolute Gasteiger partial charge is 0.496 e. The van der Waals surface area contributed by atoms with E-state index in [1.54, 1.807) is 7.11 Å². The number of hydrogen-bond acceptors (Lipinski definition) is 3. The molecule has 0 bridgehead atoms. The molecule has 2 aromatic carbocycles. The van der Waals surface area contributed by atoms with Crippen LogP contribution in [-0.2, 0) is 19.6 Å². The van der Waals surface area contributed by atoms with Crippen LogP contribution in [0, 0.1) is 5.41 Å². The summed E-state index contributed by atoms with van der Waals surface area (Å²) in [6.45, 7) is 2.82. The summed E-state index contributed by atoms with van der Waals surface area (Å²) in [6, 6.07) is 14.4. The minimum Gasteiger partial charge on any atom is -0.496 e. The summed E-state index contributed by atoms with van der Waals surface area (Å²) in [5.74, 6) is 0.698. The van der Waals surface area contributed by atoms with Gasteiger partial charge in [-0.3, -0.25) is 10.3 Å². The molecule has 3 rings (SSSR count). The number of amidine groups is 1. The highest BCUT2D eigenvalue weighted by Gasteiger charge is 2.18. The molecule has 4 nitrogen and oxygen atoms in total. The third-order valence-corrected chi connectivity index (χ3v) is 3.87. The highest BCUT2D eigenvalue weighted by Crippen LogP contribution is 2.26. The van der Waals surface area contributed by atoms with Gasteiger partial charge >= 0.3 is 0 Å². The van der Waals surface area contributed by atoms with E-state index in [4.69, 9.17) is 15.9 Å². The van der Waals surface area contributed by atoms with Crippen molar-refractivity contribution in [1.29, 1.82) is 5.41 Å². The van der Waals surface area contributed by atoms with Gasteiger partial charge in [-0.25, -0.2) is 0 Å². The Hall–Kier alpha value is -2.33. The van der Waals surface area contributed by atoms with E-state index in [0.717, 1.165) is 19.6 Å². The standard InChI is InChI=1S/C17H19N3O/c1-21-16-8-12(6-7-15(16)17(18)19)9-20-10-13-4-2-3-5-14(13)11-20/h2-8H,9-11H2,1H3,(H3,18,19). The van der Waals surface area contributed by atoms with E-state index in [9.17, 15) is 0 Å². The molecule has 108 valence electrons. The maximum absolute atomic E-state index is 7.55. The summed E-state index contributed by atoms with van der Waals surface area (Å²) in [5.41, 5.74) is 10.2. The Labute approximate surface area is 124 Å². The van der Waals surface area contributed by atoms with Gasteiger partial charge in [0, 0.05) is 19.6 Å². The molecule has 3 N–H and O–H groups in total. The molecule has 1 aliphatic rings. The molecule has 21 heavy (non-hydrogen) atoms. The van der Waals surface area contributed by atoms with Crippen LogP contribution >= 0.6 is 0 Å². The van der Waals surface area contributed by atoms with Crippen LogP contribution in [0.3, 0.4) is 0 Å². The molecule has 0 fully saturated rings. The third kappa shape index (κ3) is 2.76. The summed E-state index contributed by atoms with van der Waals surface area (Å²) in [5, 5.41) is 7.55. The summed E-state index contributed by atoms with van der Waals surface area (Å²) < 4.78 is 5.33. The first-order valence-electron chi connectivity index (χ1n) is 6.98. The van der Waals surface area contributed by atoms with Crippen molar-refractivity contribution in [3.8, 4) is 5.75 Å². The first-order valence-corrected chi connectivity index (χ1v) is 6.98. The van der Waals surface area contributed by atoms with E-state index >= 15 is 0 Å². The van der Waals surface area contributed by atoms with Gasteiger partial charge < -0.3 is 10.5 Å². The van der Waals surface area contributed by atoms with E-state index in [1.807, 2.05) is 18.2 Å². The second kappa shape index (κ2) is 5.58. The number of nitrogens with two attached hydrogens (primary N) is 1. The number of rotatable bonds is 4. The first-order chi connectivity index (χ1) is 10.2. The van der Waals surface area contributed by atoms with Gasteiger partial charge in [0.05, 0.1) is 12.7 Å². The van der Waals surface area contributed by atoms with Crippen molar-refractivity contribution in [1.82, 2.24) is 4.90 Å². The van der Waals surface area contributed by atoms with Gasteiger partial charge in [0.25, 0.3) is 0 Å². The molecule has 0 atom stereocenters. The van der Waals surface area contributed by atoms with Crippen molar-refractivity contribution in [2.45, 2.75) is 19.6 Å². The summed E-state index contributed by atoms with van der Waals surface area (Å²) in [7, 11) is 1.61. The van der Waals surface area contributed by atoms with Gasteiger partial charge in [0.1, 0.15) is 11.6 Å². The first kappa shape index (κ1) is 13.6. The predicted molar refractivity (Wildman–Crippen MR) is 83.4 cm³/mol. The Morgan fingerprint density at radius 3 is 2.43 bits per heavy atom. The summed E-state index contributed by atoms with van der Waals surface area (Å²) in [6.07, 6.45) is 0. The highest BCUT2D eigenvalue weighted by molar-refractivity contribution is 5.97. The zero-order valence-corrected chi connectivity index (χ0v) is 12.1. The van der Waals surface area contributed by atoms with Crippen LogP contribution in [0.4, 0.5) is 0 Å². The van der Waals surface area contributed by atoms with Crippen LogP contribution in [0.1, 0.15) is 22.3 Å². The lowest BCUT2D eigenvalue weighted by molar-refractivity contribution is 0.275. The molecular weight excluding hydrogens is 262 g/mol. The van der Waals surface area contributed by atoms with E-state index in [0.29, 0.717) is 11.3 Å². The molecule has 0 aromatic heterocycles. The Bertz CT molecular complexity index is 656. The molecule has 0 radical (unpaired) electrons. The number of nitrogens with one attached hydrogen (secondary N) is 1. The van der Waals surface area contributed by atoms with Crippen LogP contribution in [0.2, 0.25) is 0 Å². The zero-order chi connectivity index (χ0) is 14.8. The molecular formula is C17H19N3O. The van der Waals surface area contributed by atoms with E-state index in [1.165, 1.54) is 16.7 Å². The highest BCUT2D eigenvalue weighted by atomic mass is 16.5.